The third-order valence-corrected chi connectivity index (χ3v) is 2.02. The maximum atomic E-state index is 5.14. The summed E-state index contributed by atoms with van der Waals surface area (Å²) in [5.74, 6) is 0.831. The second-order valence-electron chi connectivity index (χ2n) is 3.37. The number of hydrogen-bond acceptors (Lipinski definition) is 7. The second kappa shape index (κ2) is 7.31. The highest BCUT2D eigenvalue weighted by Gasteiger charge is 2.14. The molecule has 0 bridgehead atoms. The smallest absolute Gasteiger partial charge is 0.244 e. The van der Waals surface area contributed by atoms with Crippen LogP contribution in [-0.4, -0.2) is 43.1 Å². The van der Waals surface area contributed by atoms with Gasteiger partial charge in [-0.1, -0.05) is 5.16 Å². The minimum absolute atomic E-state index is 0.0784. The highest BCUT2D eigenvalue weighted by molar-refractivity contribution is 5.71. The lowest BCUT2D eigenvalue weighted by Gasteiger charge is -2.15. The van der Waals surface area contributed by atoms with Gasteiger partial charge in [-0.15, -0.1) is 0 Å². The SMILES string of the molecule is CCON=CC(C)Nc1c(OC)ncnc1OC. The Morgan fingerprint density at radius 1 is 1.33 bits per heavy atom. The molecular formula is C11H18N4O3. The third-order valence-electron chi connectivity index (χ3n) is 2.02. The molecule has 18 heavy (non-hydrogen) atoms. The molecule has 0 aliphatic rings. The number of nitrogens with one attached hydrogen (secondary N) is 1. The summed E-state index contributed by atoms with van der Waals surface area (Å²) in [6.45, 7) is 4.31. The van der Waals surface area contributed by atoms with Crippen molar-refractivity contribution < 1.29 is 14.3 Å². The van der Waals surface area contributed by atoms with Gasteiger partial charge in [0, 0.05) is 0 Å². The fourth-order valence-electron chi connectivity index (χ4n) is 1.26. The minimum atomic E-state index is -0.0784. The highest BCUT2D eigenvalue weighted by Crippen LogP contribution is 2.30. The summed E-state index contributed by atoms with van der Waals surface area (Å²) in [6.07, 6.45) is 3.01. The van der Waals surface area contributed by atoms with Gasteiger partial charge in [0.25, 0.3) is 0 Å². The number of aromatic nitrogens is 2. The summed E-state index contributed by atoms with van der Waals surface area (Å²) in [5, 5.41) is 6.92. The number of hydrogen-bond donors (Lipinski definition) is 1. The first-order valence-electron chi connectivity index (χ1n) is 5.57. The zero-order valence-electron chi connectivity index (χ0n) is 11.0. The Labute approximate surface area is 106 Å². The molecule has 7 nitrogen and oxygen atoms in total. The molecule has 1 heterocycles. The van der Waals surface area contributed by atoms with E-state index < -0.39 is 0 Å². The van der Waals surface area contributed by atoms with Crippen molar-refractivity contribution in [1.82, 2.24) is 9.97 Å². The van der Waals surface area contributed by atoms with E-state index >= 15 is 0 Å². The van der Waals surface area contributed by atoms with Crippen LogP contribution in [0.2, 0.25) is 0 Å². The normalized spacial score (nSPS) is 12.2. The van der Waals surface area contributed by atoms with Gasteiger partial charge in [0.05, 0.1) is 26.5 Å². The molecule has 0 amide bonds. The van der Waals surface area contributed by atoms with Crippen molar-refractivity contribution in [2.45, 2.75) is 19.9 Å². The lowest BCUT2D eigenvalue weighted by atomic mass is 10.3. The summed E-state index contributed by atoms with van der Waals surface area (Å²) < 4.78 is 10.3. The van der Waals surface area contributed by atoms with Crippen LogP contribution in [0.15, 0.2) is 11.5 Å². The lowest BCUT2D eigenvalue weighted by Crippen LogP contribution is -2.18. The summed E-state index contributed by atoms with van der Waals surface area (Å²) in [4.78, 5) is 12.9. The van der Waals surface area contributed by atoms with E-state index in [2.05, 4.69) is 20.4 Å². The molecule has 1 N–H and O–H groups in total. The van der Waals surface area contributed by atoms with Crippen molar-refractivity contribution in [1.29, 1.82) is 0 Å². The first kappa shape index (κ1) is 14.0. The van der Waals surface area contributed by atoms with Gasteiger partial charge in [0.2, 0.25) is 11.8 Å². The van der Waals surface area contributed by atoms with Crippen LogP contribution < -0.4 is 14.8 Å². The largest absolute Gasteiger partial charge is 0.479 e. The quantitative estimate of drug-likeness (QED) is 0.584. The van der Waals surface area contributed by atoms with E-state index in [1.165, 1.54) is 20.5 Å². The summed E-state index contributed by atoms with van der Waals surface area (Å²) in [6, 6.07) is -0.0784. The van der Waals surface area contributed by atoms with Crippen molar-refractivity contribution in [3.05, 3.63) is 6.33 Å². The van der Waals surface area contributed by atoms with E-state index in [0.29, 0.717) is 24.1 Å². The van der Waals surface area contributed by atoms with E-state index in [9.17, 15) is 0 Å². The molecule has 0 aromatic carbocycles. The molecule has 100 valence electrons. The standard InChI is InChI=1S/C11H18N4O3/c1-5-18-14-6-8(2)15-9-10(16-3)12-7-13-11(9)17-4/h6-8,15H,5H2,1-4H3. The van der Waals surface area contributed by atoms with E-state index in [1.807, 2.05) is 13.8 Å². The molecule has 1 atom stereocenters. The van der Waals surface area contributed by atoms with Gasteiger partial charge in [-0.3, -0.25) is 0 Å². The van der Waals surface area contributed by atoms with E-state index in [1.54, 1.807) is 6.21 Å². The van der Waals surface area contributed by atoms with Crippen LogP contribution in [0.1, 0.15) is 13.8 Å². The predicted octanol–water partition coefficient (Wildman–Crippen LogP) is 1.32. The van der Waals surface area contributed by atoms with Crippen LogP contribution in [0, 0.1) is 0 Å². The van der Waals surface area contributed by atoms with Gasteiger partial charge in [-0.05, 0) is 13.8 Å². The Morgan fingerprint density at radius 2 is 1.94 bits per heavy atom. The average molecular weight is 254 g/mol. The fourth-order valence-corrected chi connectivity index (χ4v) is 1.26. The zero-order chi connectivity index (χ0) is 13.4. The highest BCUT2D eigenvalue weighted by atomic mass is 16.6. The Morgan fingerprint density at radius 3 is 2.44 bits per heavy atom. The monoisotopic (exact) mass is 254 g/mol. The van der Waals surface area contributed by atoms with Crippen LogP contribution in [0.5, 0.6) is 11.8 Å². The molecule has 0 fully saturated rings. The van der Waals surface area contributed by atoms with Gasteiger partial charge in [-0.25, -0.2) is 0 Å². The number of rotatable bonds is 7. The minimum Gasteiger partial charge on any atom is -0.479 e. The lowest BCUT2D eigenvalue weighted by molar-refractivity contribution is 0.159. The van der Waals surface area contributed by atoms with E-state index in [4.69, 9.17) is 14.3 Å². The van der Waals surface area contributed by atoms with Gasteiger partial charge >= 0.3 is 0 Å². The molecule has 1 aromatic rings. The van der Waals surface area contributed by atoms with Gasteiger partial charge in [0.15, 0.2) is 5.69 Å². The Kier molecular flexibility index (Phi) is 5.69. The van der Waals surface area contributed by atoms with Crippen molar-refractivity contribution >= 4 is 11.9 Å². The number of anilines is 1. The molecule has 1 rings (SSSR count). The Bertz CT molecular complexity index is 376. The number of methoxy groups -OCH3 is 2. The topological polar surface area (TPSA) is 77.9 Å². The third kappa shape index (κ3) is 3.76. The van der Waals surface area contributed by atoms with Gasteiger partial charge in [-0.2, -0.15) is 9.97 Å². The zero-order valence-corrected chi connectivity index (χ0v) is 11.0. The molecule has 7 heteroatoms. The molecule has 1 aromatic heterocycles. The molecule has 0 saturated carbocycles. The molecule has 0 aliphatic heterocycles. The van der Waals surface area contributed by atoms with E-state index in [-0.39, 0.29) is 6.04 Å². The van der Waals surface area contributed by atoms with Crippen LogP contribution in [0.4, 0.5) is 5.69 Å². The van der Waals surface area contributed by atoms with Gasteiger partial charge < -0.3 is 19.6 Å². The summed E-state index contributed by atoms with van der Waals surface area (Å²) in [5.41, 5.74) is 0.581. The average Bonchev–Trinajstić information content (AvgIpc) is 2.39. The molecule has 0 radical (unpaired) electrons. The van der Waals surface area contributed by atoms with Crippen LogP contribution >= 0.6 is 0 Å². The summed E-state index contributed by atoms with van der Waals surface area (Å²) >= 11 is 0. The second-order valence-corrected chi connectivity index (χ2v) is 3.37. The Hall–Kier alpha value is -2.05. The van der Waals surface area contributed by atoms with Crippen molar-refractivity contribution in [2.24, 2.45) is 5.16 Å². The van der Waals surface area contributed by atoms with Crippen LogP contribution in [-0.2, 0) is 4.84 Å². The molecule has 0 spiro atoms. The molecule has 1 unspecified atom stereocenters. The Balaban J connectivity index is 2.81. The van der Waals surface area contributed by atoms with Crippen molar-refractivity contribution in [2.75, 3.05) is 26.1 Å². The van der Waals surface area contributed by atoms with Crippen LogP contribution in [0.25, 0.3) is 0 Å². The first-order chi connectivity index (χ1) is 8.72. The van der Waals surface area contributed by atoms with Gasteiger partial charge in [0.1, 0.15) is 12.9 Å². The molecule has 0 aliphatic carbocycles. The van der Waals surface area contributed by atoms with E-state index in [0.717, 1.165) is 0 Å². The first-order valence-corrected chi connectivity index (χ1v) is 5.57. The van der Waals surface area contributed by atoms with Crippen LogP contribution in [0.3, 0.4) is 0 Å². The van der Waals surface area contributed by atoms with Crippen molar-refractivity contribution in [3.63, 3.8) is 0 Å². The van der Waals surface area contributed by atoms with Crippen molar-refractivity contribution in [3.8, 4) is 11.8 Å². The maximum absolute atomic E-state index is 5.14. The molecular weight excluding hydrogens is 236 g/mol. The maximum Gasteiger partial charge on any atom is 0.244 e. The predicted molar refractivity (Wildman–Crippen MR) is 68.3 cm³/mol. The number of oxime groups is 1. The molecule has 0 saturated heterocycles. The summed E-state index contributed by atoms with van der Waals surface area (Å²) in [7, 11) is 3.07. The number of ether oxygens (including phenoxy) is 2. The number of nitrogens with zero attached hydrogens (tertiary/aromatic N) is 3. The fraction of sp³-hybridized carbons (Fsp3) is 0.545.